The van der Waals surface area contributed by atoms with Crippen molar-refractivity contribution in [3.05, 3.63) is 58.8 Å². The van der Waals surface area contributed by atoms with Gasteiger partial charge in [-0.2, -0.15) is 0 Å². The summed E-state index contributed by atoms with van der Waals surface area (Å²) >= 11 is 0. The molecule has 2 aromatic rings. The van der Waals surface area contributed by atoms with Gasteiger partial charge in [0.1, 0.15) is 11.4 Å². The van der Waals surface area contributed by atoms with Gasteiger partial charge in [0.15, 0.2) is 0 Å². The number of rotatable bonds is 11. The SMILES string of the molecule is CCc1cc(N2CCOC3(CCN(CCc4cccc(CCOCCC(=O)OC(C)(C)C)c4)CC3)C2)ncc1C. The number of ether oxygens (including phenoxy) is 3. The van der Waals surface area contributed by atoms with Crippen LogP contribution in [0.25, 0.3) is 0 Å². The lowest BCUT2D eigenvalue weighted by Crippen LogP contribution is -2.57. The summed E-state index contributed by atoms with van der Waals surface area (Å²) in [5, 5.41) is 0. The van der Waals surface area contributed by atoms with Crippen molar-refractivity contribution in [3.63, 3.8) is 0 Å². The number of benzene rings is 1. The zero-order valence-corrected chi connectivity index (χ0v) is 25.3. The highest BCUT2D eigenvalue weighted by molar-refractivity contribution is 5.69. The van der Waals surface area contributed by atoms with Gasteiger partial charge in [0.25, 0.3) is 0 Å². The summed E-state index contributed by atoms with van der Waals surface area (Å²) in [5.74, 6) is 0.889. The van der Waals surface area contributed by atoms with E-state index in [4.69, 9.17) is 19.2 Å². The number of aromatic nitrogens is 1. The van der Waals surface area contributed by atoms with Gasteiger partial charge in [0, 0.05) is 38.9 Å². The molecule has 1 spiro atoms. The molecule has 1 aromatic carbocycles. The fourth-order valence-electron chi connectivity index (χ4n) is 5.70. The molecule has 2 fully saturated rings. The first kappa shape index (κ1) is 30.5. The van der Waals surface area contributed by atoms with E-state index in [9.17, 15) is 4.79 Å². The Kier molecular flexibility index (Phi) is 10.6. The second kappa shape index (κ2) is 13.9. The average molecular weight is 552 g/mol. The largest absolute Gasteiger partial charge is 0.460 e. The van der Waals surface area contributed by atoms with Crippen molar-refractivity contribution >= 4 is 11.8 Å². The number of anilines is 1. The van der Waals surface area contributed by atoms with Crippen LogP contribution in [0.15, 0.2) is 36.5 Å². The van der Waals surface area contributed by atoms with Crippen molar-refractivity contribution in [2.45, 2.75) is 84.3 Å². The number of aryl methyl sites for hydroxylation is 2. The topological polar surface area (TPSA) is 64.1 Å². The maximum Gasteiger partial charge on any atom is 0.308 e. The van der Waals surface area contributed by atoms with E-state index in [1.54, 1.807) is 0 Å². The van der Waals surface area contributed by atoms with Crippen LogP contribution in [-0.2, 0) is 38.3 Å². The zero-order chi connectivity index (χ0) is 28.6. The van der Waals surface area contributed by atoms with Crippen LogP contribution in [0.2, 0.25) is 0 Å². The van der Waals surface area contributed by atoms with Crippen LogP contribution in [0.4, 0.5) is 5.82 Å². The first-order chi connectivity index (χ1) is 19.1. The minimum Gasteiger partial charge on any atom is -0.460 e. The molecule has 0 amide bonds. The van der Waals surface area contributed by atoms with Crippen molar-refractivity contribution in [3.8, 4) is 0 Å². The second-order valence-electron chi connectivity index (χ2n) is 12.4. The fraction of sp³-hybridized carbons (Fsp3) is 0.636. The number of carbonyl (C=O) groups excluding carboxylic acids is 1. The number of morpholine rings is 1. The van der Waals surface area contributed by atoms with Crippen LogP contribution in [-0.4, -0.2) is 79.6 Å². The molecule has 7 heteroatoms. The summed E-state index contributed by atoms with van der Waals surface area (Å²) in [6.45, 7) is 16.8. The van der Waals surface area contributed by atoms with E-state index in [1.807, 2.05) is 27.0 Å². The van der Waals surface area contributed by atoms with Crippen molar-refractivity contribution in [2.75, 3.05) is 57.4 Å². The number of hydrogen-bond donors (Lipinski definition) is 0. The Bertz CT molecular complexity index is 1110. The molecule has 0 unspecified atom stereocenters. The summed E-state index contributed by atoms with van der Waals surface area (Å²) in [6.07, 6.45) is 7.37. The van der Waals surface area contributed by atoms with E-state index in [0.717, 1.165) is 77.3 Å². The minimum atomic E-state index is -0.448. The van der Waals surface area contributed by atoms with Gasteiger partial charge >= 0.3 is 5.97 Å². The number of likely N-dealkylation sites (tertiary alicyclic amines) is 1. The van der Waals surface area contributed by atoms with Gasteiger partial charge in [0.2, 0.25) is 0 Å². The number of hydrogen-bond acceptors (Lipinski definition) is 7. The van der Waals surface area contributed by atoms with Crippen molar-refractivity contribution in [1.29, 1.82) is 0 Å². The molecule has 0 N–H and O–H groups in total. The molecular formula is C33H49N3O4. The number of esters is 1. The lowest BCUT2D eigenvalue weighted by atomic mass is 9.89. The average Bonchev–Trinajstić information content (AvgIpc) is 2.92. The third kappa shape index (κ3) is 9.02. The normalized spacial score (nSPS) is 17.8. The van der Waals surface area contributed by atoms with Gasteiger partial charge in [-0.3, -0.25) is 4.79 Å². The Morgan fingerprint density at radius 1 is 1.07 bits per heavy atom. The molecule has 0 bridgehead atoms. The molecule has 2 aliphatic heterocycles. The van der Waals surface area contributed by atoms with Gasteiger partial charge in [-0.05, 0) is 88.1 Å². The molecule has 0 atom stereocenters. The molecule has 3 heterocycles. The molecule has 40 heavy (non-hydrogen) atoms. The van der Waals surface area contributed by atoms with E-state index >= 15 is 0 Å². The van der Waals surface area contributed by atoms with E-state index in [2.05, 4.69) is 54.0 Å². The Morgan fingerprint density at radius 3 is 2.55 bits per heavy atom. The maximum absolute atomic E-state index is 11.8. The second-order valence-corrected chi connectivity index (χ2v) is 12.4. The molecular weight excluding hydrogens is 502 g/mol. The summed E-state index contributed by atoms with van der Waals surface area (Å²) in [5.41, 5.74) is 4.79. The predicted molar refractivity (Wildman–Crippen MR) is 160 cm³/mol. The minimum absolute atomic E-state index is 0.0584. The predicted octanol–water partition coefficient (Wildman–Crippen LogP) is 5.16. The Morgan fingerprint density at radius 2 is 1.82 bits per heavy atom. The van der Waals surface area contributed by atoms with Crippen molar-refractivity contribution < 1.29 is 19.0 Å². The van der Waals surface area contributed by atoms with Crippen LogP contribution in [0.1, 0.15) is 69.2 Å². The lowest BCUT2D eigenvalue weighted by molar-refractivity contribution is -0.156. The highest BCUT2D eigenvalue weighted by atomic mass is 16.6. The van der Waals surface area contributed by atoms with E-state index < -0.39 is 5.60 Å². The highest BCUT2D eigenvalue weighted by Gasteiger charge is 2.40. The van der Waals surface area contributed by atoms with Crippen LogP contribution >= 0.6 is 0 Å². The molecule has 4 rings (SSSR count). The van der Waals surface area contributed by atoms with Gasteiger partial charge in [-0.25, -0.2) is 4.98 Å². The van der Waals surface area contributed by atoms with Crippen LogP contribution < -0.4 is 4.90 Å². The smallest absolute Gasteiger partial charge is 0.308 e. The van der Waals surface area contributed by atoms with E-state index in [-0.39, 0.29) is 11.6 Å². The number of piperidine rings is 1. The van der Waals surface area contributed by atoms with Gasteiger partial charge < -0.3 is 24.0 Å². The molecule has 220 valence electrons. The first-order valence-electron chi connectivity index (χ1n) is 15.1. The summed E-state index contributed by atoms with van der Waals surface area (Å²) in [7, 11) is 0. The van der Waals surface area contributed by atoms with Crippen LogP contribution in [0, 0.1) is 6.92 Å². The number of carbonyl (C=O) groups is 1. The Labute approximate surface area is 241 Å². The lowest BCUT2D eigenvalue weighted by Gasteiger charge is -2.47. The molecule has 2 saturated heterocycles. The molecule has 0 saturated carbocycles. The van der Waals surface area contributed by atoms with Crippen molar-refractivity contribution in [1.82, 2.24) is 9.88 Å². The third-order valence-electron chi connectivity index (χ3n) is 8.03. The standard InChI is InChI=1S/C33H49N3O4/c1-6-29-23-30(34-24-26(29)2)36-18-21-39-33(25-36)13-16-35(17-14-33)15-10-27-8-7-9-28(22-27)11-19-38-20-12-31(37)40-32(3,4)5/h7-9,22-24H,6,10-21,25H2,1-5H3. The summed E-state index contributed by atoms with van der Waals surface area (Å²) in [6, 6.07) is 11.1. The summed E-state index contributed by atoms with van der Waals surface area (Å²) in [4.78, 5) is 21.6. The third-order valence-corrected chi connectivity index (χ3v) is 8.03. The first-order valence-corrected chi connectivity index (χ1v) is 15.1. The van der Waals surface area contributed by atoms with Gasteiger partial charge in [0.05, 0.1) is 31.8 Å². The molecule has 0 radical (unpaired) electrons. The van der Waals surface area contributed by atoms with E-state index in [1.165, 1.54) is 22.3 Å². The molecule has 0 aliphatic carbocycles. The highest BCUT2D eigenvalue weighted by Crippen LogP contribution is 2.32. The number of nitrogens with zero attached hydrogens (tertiary/aromatic N) is 3. The number of pyridine rings is 1. The zero-order valence-electron chi connectivity index (χ0n) is 25.3. The Hall–Kier alpha value is -2.48. The van der Waals surface area contributed by atoms with Gasteiger partial charge in [-0.15, -0.1) is 0 Å². The summed E-state index contributed by atoms with van der Waals surface area (Å²) < 4.78 is 17.4. The van der Waals surface area contributed by atoms with Crippen LogP contribution in [0.3, 0.4) is 0 Å². The molecule has 7 nitrogen and oxygen atoms in total. The quantitative estimate of drug-likeness (QED) is 0.282. The molecule has 1 aromatic heterocycles. The monoisotopic (exact) mass is 551 g/mol. The fourth-order valence-corrected chi connectivity index (χ4v) is 5.70. The molecule has 2 aliphatic rings. The van der Waals surface area contributed by atoms with Gasteiger partial charge in [-0.1, -0.05) is 31.2 Å². The van der Waals surface area contributed by atoms with Crippen LogP contribution in [0.5, 0.6) is 0 Å². The maximum atomic E-state index is 11.8. The Balaban J connectivity index is 1.18. The van der Waals surface area contributed by atoms with Crippen molar-refractivity contribution in [2.24, 2.45) is 0 Å². The van der Waals surface area contributed by atoms with E-state index in [0.29, 0.717) is 19.6 Å².